The van der Waals surface area contributed by atoms with Gasteiger partial charge in [0.1, 0.15) is 0 Å². The largest absolute Gasteiger partial charge is 0.397 e. The number of nitrogens with one attached hydrogen (secondary N) is 1. The van der Waals surface area contributed by atoms with Gasteiger partial charge in [0.05, 0.1) is 11.2 Å². The first kappa shape index (κ1) is 7.98. The number of hydrogen-bond donors (Lipinski definition) is 2. The molecule has 0 aliphatic heterocycles. The van der Waals surface area contributed by atoms with Gasteiger partial charge >= 0.3 is 0 Å². The third kappa shape index (κ3) is 1.22. The predicted molar refractivity (Wildman–Crippen MR) is 56.3 cm³/mol. The number of aromatic nitrogens is 1. The Morgan fingerprint density at radius 2 is 2.23 bits per heavy atom. The van der Waals surface area contributed by atoms with Crippen LogP contribution in [0.5, 0.6) is 0 Å². The molecule has 0 aliphatic rings. The summed E-state index contributed by atoms with van der Waals surface area (Å²) >= 11 is 0. The van der Waals surface area contributed by atoms with Gasteiger partial charge in [-0.3, -0.25) is 4.68 Å². The number of anilines is 1. The van der Waals surface area contributed by atoms with E-state index in [2.05, 4.69) is 18.4 Å². The number of hydrogen-bond acceptors (Lipinski definition) is 2. The summed E-state index contributed by atoms with van der Waals surface area (Å²) in [6.45, 7) is 2.95. The van der Waals surface area contributed by atoms with Crippen molar-refractivity contribution in [3.05, 3.63) is 30.5 Å². The zero-order valence-electron chi connectivity index (χ0n) is 7.62. The lowest BCUT2D eigenvalue weighted by molar-refractivity contribution is 0.902. The highest BCUT2D eigenvalue weighted by atomic mass is 15.4. The second-order valence-corrected chi connectivity index (χ2v) is 2.98. The maximum absolute atomic E-state index is 5.87. The average molecular weight is 175 g/mol. The Kier molecular flexibility index (Phi) is 1.85. The molecule has 3 heteroatoms. The van der Waals surface area contributed by atoms with E-state index < -0.39 is 0 Å². The van der Waals surface area contributed by atoms with Gasteiger partial charge in [0.15, 0.2) is 0 Å². The Morgan fingerprint density at radius 1 is 1.38 bits per heavy atom. The molecule has 3 N–H and O–H groups in total. The van der Waals surface area contributed by atoms with Gasteiger partial charge in [0.2, 0.25) is 0 Å². The maximum atomic E-state index is 5.87. The van der Waals surface area contributed by atoms with Crippen molar-refractivity contribution in [2.45, 2.75) is 6.92 Å². The van der Waals surface area contributed by atoms with Crippen LogP contribution in [0.15, 0.2) is 30.5 Å². The number of rotatable bonds is 2. The molecule has 1 heterocycles. The molecule has 0 atom stereocenters. The van der Waals surface area contributed by atoms with Gasteiger partial charge in [0.25, 0.3) is 0 Å². The average Bonchev–Trinajstić information content (AvgIpc) is 2.51. The van der Waals surface area contributed by atoms with Gasteiger partial charge in [-0.1, -0.05) is 12.1 Å². The van der Waals surface area contributed by atoms with E-state index in [1.807, 2.05) is 29.1 Å². The molecule has 68 valence electrons. The highest BCUT2D eigenvalue weighted by molar-refractivity contribution is 5.90. The summed E-state index contributed by atoms with van der Waals surface area (Å²) in [6.07, 6.45) is 1.99. The number of para-hydroxylation sites is 1. The monoisotopic (exact) mass is 175 g/mol. The Labute approximate surface area is 77.1 Å². The van der Waals surface area contributed by atoms with E-state index in [0.717, 1.165) is 17.7 Å². The molecule has 13 heavy (non-hydrogen) atoms. The minimum Gasteiger partial charge on any atom is -0.397 e. The summed E-state index contributed by atoms with van der Waals surface area (Å²) in [5, 5.41) is 1.17. The normalized spacial score (nSPS) is 10.5. The van der Waals surface area contributed by atoms with Gasteiger partial charge < -0.3 is 11.2 Å². The fraction of sp³-hybridized carbons (Fsp3) is 0.200. The molecule has 2 rings (SSSR count). The van der Waals surface area contributed by atoms with Crippen LogP contribution in [-0.2, 0) is 0 Å². The Balaban J connectivity index is 2.64. The molecule has 2 aromatic rings. The quantitative estimate of drug-likeness (QED) is 0.683. The molecule has 0 radical (unpaired) electrons. The predicted octanol–water partition coefficient (Wildman–Crippen LogP) is 1.79. The topological polar surface area (TPSA) is 43.0 Å². The highest BCUT2D eigenvalue weighted by Crippen LogP contribution is 2.20. The van der Waals surface area contributed by atoms with Crippen molar-refractivity contribution in [1.82, 2.24) is 4.68 Å². The van der Waals surface area contributed by atoms with Crippen molar-refractivity contribution in [2.24, 2.45) is 0 Å². The van der Waals surface area contributed by atoms with Gasteiger partial charge in [-0.2, -0.15) is 0 Å². The number of nitrogens with two attached hydrogens (primary N) is 1. The summed E-state index contributed by atoms with van der Waals surface area (Å²) in [7, 11) is 0. The summed E-state index contributed by atoms with van der Waals surface area (Å²) in [6, 6.07) is 7.98. The first-order chi connectivity index (χ1) is 6.33. The van der Waals surface area contributed by atoms with E-state index >= 15 is 0 Å². The van der Waals surface area contributed by atoms with Gasteiger partial charge in [-0.05, 0) is 19.1 Å². The minimum absolute atomic E-state index is 0.809. The van der Waals surface area contributed by atoms with Crippen molar-refractivity contribution >= 4 is 16.6 Å². The molecule has 0 unspecified atom stereocenters. The van der Waals surface area contributed by atoms with Crippen molar-refractivity contribution < 1.29 is 0 Å². The summed E-state index contributed by atoms with van der Waals surface area (Å²) in [5.74, 6) is 0. The van der Waals surface area contributed by atoms with Gasteiger partial charge in [-0.15, -0.1) is 0 Å². The second kappa shape index (κ2) is 3.01. The van der Waals surface area contributed by atoms with Crippen LogP contribution < -0.4 is 11.2 Å². The van der Waals surface area contributed by atoms with E-state index in [9.17, 15) is 0 Å². The van der Waals surface area contributed by atoms with Crippen LogP contribution >= 0.6 is 0 Å². The lowest BCUT2D eigenvalue weighted by Crippen LogP contribution is -2.12. The summed E-state index contributed by atoms with van der Waals surface area (Å²) in [4.78, 5) is 0. The van der Waals surface area contributed by atoms with Crippen LogP contribution in [0.3, 0.4) is 0 Å². The third-order valence-electron chi connectivity index (χ3n) is 2.07. The van der Waals surface area contributed by atoms with E-state index in [1.54, 1.807) is 0 Å². The number of benzene rings is 1. The molecule has 0 saturated carbocycles. The molecule has 1 aromatic heterocycles. The Morgan fingerprint density at radius 3 is 3.00 bits per heavy atom. The minimum atomic E-state index is 0.809. The van der Waals surface area contributed by atoms with Crippen LogP contribution in [0.1, 0.15) is 6.92 Å². The zero-order valence-corrected chi connectivity index (χ0v) is 7.62. The van der Waals surface area contributed by atoms with E-state index in [-0.39, 0.29) is 0 Å². The van der Waals surface area contributed by atoms with E-state index in [4.69, 9.17) is 5.73 Å². The standard InChI is InChI=1S/C10H13N3/c1-2-12-13-7-6-8-4-3-5-9(11)10(8)13/h3-7,12H,2,11H2,1H3. The summed E-state index contributed by atoms with van der Waals surface area (Å²) < 4.78 is 1.96. The van der Waals surface area contributed by atoms with Crippen LogP contribution in [-0.4, -0.2) is 11.2 Å². The first-order valence-corrected chi connectivity index (χ1v) is 4.42. The van der Waals surface area contributed by atoms with E-state index in [0.29, 0.717) is 0 Å². The number of nitrogen functional groups attached to an aromatic ring is 1. The fourth-order valence-corrected chi connectivity index (χ4v) is 1.52. The molecule has 1 aromatic carbocycles. The molecule has 0 saturated heterocycles. The van der Waals surface area contributed by atoms with Crippen LogP contribution in [0.25, 0.3) is 10.9 Å². The number of fused-ring (bicyclic) bond motifs is 1. The highest BCUT2D eigenvalue weighted by Gasteiger charge is 2.01. The third-order valence-corrected chi connectivity index (χ3v) is 2.07. The lowest BCUT2D eigenvalue weighted by atomic mass is 10.2. The lowest BCUT2D eigenvalue weighted by Gasteiger charge is -2.07. The molecule has 0 aliphatic carbocycles. The van der Waals surface area contributed by atoms with Crippen molar-refractivity contribution in [3.8, 4) is 0 Å². The van der Waals surface area contributed by atoms with Crippen molar-refractivity contribution in [1.29, 1.82) is 0 Å². The fourth-order valence-electron chi connectivity index (χ4n) is 1.52. The molecule has 0 spiro atoms. The smallest absolute Gasteiger partial charge is 0.0921 e. The van der Waals surface area contributed by atoms with Crippen LogP contribution in [0, 0.1) is 0 Å². The van der Waals surface area contributed by atoms with Crippen molar-refractivity contribution in [3.63, 3.8) is 0 Å². The van der Waals surface area contributed by atoms with Gasteiger partial charge in [-0.25, -0.2) is 0 Å². The molecular formula is C10H13N3. The first-order valence-electron chi connectivity index (χ1n) is 4.42. The zero-order chi connectivity index (χ0) is 9.26. The molecule has 0 bridgehead atoms. The molecular weight excluding hydrogens is 162 g/mol. The number of nitrogens with zero attached hydrogens (tertiary/aromatic N) is 1. The maximum Gasteiger partial charge on any atom is 0.0921 e. The second-order valence-electron chi connectivity index (χ2n) is 2.98. The molecule has 3 nitrogen and oxygen atoms in total. The Hall–Kier alpha value is -1.64. The van der Waals surface area contributed by atoms with Crippen molar-refractivity contribution in [2.75, 3.05) is 17.7 Å². The summed E-state index contributed by atoms with van der Waals surface area (Å²) in [5.41, 5.74) is 10.9. The Bertz CT molecular complexity index is 417. The van der Waals surface area contributed by atoms with Gasteiger partial charge in [0, 0.05) is 18.1 Å². The molecule has 0 amide bonds. The van der Waals surface area contributed by atoms with E-state index in [1.165, 1.54) is 5.39 Å². The molecule has 0 fully saturated rings. The van der Waals surface area contributed by atoms with Crippen LogP contribution in [0.2, 0.25) is 0 Å². The SMILES string of the molecule is CCNn1ccc2cccc(N)c21. The van der Waals surface area contributed by atoms with Crippen LogP contribution in [0.4, 0.5) is 5.69 Å².